The molecular formula is C13H17NO. The van der Waals surface area contributed by atoms with Crippen molar-refractivity contribution in [2.45, 2.75) is 39.2 Å². The van der Waals surface area contributed by atoms with Crippen LogP contribution < -0.4 is 5.32 Å². The lowest BCUT2D eigenvalue weighted by molar-refractivity contribution is -0.121. The van der Waals surface area contributed by atoms with E-state index in [0.29, 0.717) is 13.0 Å². The first-order valence-electron chi connectivity index (χ1n) is 5.36. The Morgan fingerprint density at radius 1 is 1.27 bits per heavy atom. The minimum absolute atomic E-state index is 0.114. The summed E-state index contributed by atoms with van der Waals surface area (Å²) in [5.41, 5.74) is 3.91. The number of benzene rings is 1. The number of rotatable bonds is 0. The van der Waals surface area contributed by atoms with Gasteiger partial charge >= 0.3 is 0 Å². The van der Waals surface area contributed by atoms with E-state index in [1.54, 1.807) is 0 Å². The molecular weight excluding hydrogens is 186 g/mol. The van der Waals surface area contributed by atoms with E-state index in [4.69, 9.17) is 0 Å². The van der Waals surface area contributed by atoms with Gasteiger partial charge in [-0.05, 0) is 22.1 Å². The van der Waals surface area contributed by atoms with Gasteiger partial charge in [0.25, 0.3) is 0 Å². The summed E-state index contributed by atoms with van der Waals surface area (Å²) >= 11 is 0. The summed E-state index contributed by atoms with van der Waals surface area (Å²) in [5.74, 6) is 0.138. The third-order valence-corrected chi connectivity index (χ3v) is 2.89. The van der Waals surface area contributed by atoms with Crippen LogP contribution in [0.3, 0.4) is 0 Å². The highest BCUT2D eigenvalue weighted by Crippen LogP contribution is 2.29. The number of carbonyl (C=O) groups excluding carboxylic acids is 1. The number of nitrogens with one attached hydrogen (secondary N) is 1. The average molecular weight is 203 g/mol. The van der Waals surface area contributed by atoms with Crippen molar-refractivity contribution in [3.05, 3.63) is 34.9 Å². The minimum Gasteiger partial charge on any atom is -0.352 e. The number of fused-ring (bicyclic) bond motifs is 1. The highest BCUT2D eigenvalue weighted by atomic mass is 16.1. The van der Waals surface area contributed by atoms with E-state index in [1.807, 2.05) is 0 Å². The predicted octanol–water partition coefficient (Wildman–Crippen LogP) is 2.16. The Balaban J connectivity index is 2.53. The SMILES string of the molecule is CC(C)(C)c1cccc2c1CC(=O)NC2. The molecule has 0 unspecified atom stereocenters. The first-order chi connectivity index (χ1) is 6.98. The highest BCUT2D eigenvalue weighted by molar-refractivity contribution is 5.81. The van der Waals surface area contributed by atoms with Crippen molar-refractivity contribution in [3.8, 4) is 0 Å². The van der Waals surface area contributed by atoms with Crippen LogP contribution in [0, 0.1) is 0 Å². The molecule has 2 nitrogen and oxygen atoms in total. The maximum atomic E-state index is 11.4. The first kappa shape index (κ1) is 10.2. The van der Waals surface area contributed by atoms with Crippen LogP contribution in [0.2, 0.25) is 0 Å². The van der Waals surface area contributed by atoms with Crippen LogP contribution in [0.15, 0.2) is 18.2 Å². The largest absolute Gasteiger partial charge is 0.352 e. The van der Waals surface area contributed by atoms with Crippen molar-refractivity contribution in [1.29, 1.82) is 0 Å². The van der Waals surface area contributed by atoms with Gasteiger partial charge in [-0.2, -0.15) is 0 Å². The van der Waals surface area contributed by atoms with Crippen LogP contribution in [0.1, 0.15) is 37.5 Å². The van der Waals surface area contributed by atoms with Gasteiger partial charge in [0.1, 0.15) is 0 Å². The molecule has 0 aromatic heterocycles. The van der Waals surface area contributed by atoms with E-state index in [-0.39, 0.29) is 11.3 Å². The second-order valence-corrected chi connectivity index (χ2v) is 5.15. The van der Waals surface area contributed by atoms with Crippen molar-refractivity contribution in [2.24, 2.45) is 0 Å². The van der Waals surface area contributed by atoms with Crippen molar-refractivity contribution < 1.29 is 4.79 Å². The summed E-state index contributed by atoms with van der Waals surface area (Å²) < 4.78 is 0. The van der Waals surface area contributed by atoms with Gasteiger partial charge in [-0.25, -0.2) is 0 Å². The molecule has 0 saturated heterocycles. The monoisotopic (exact) mass is 203 g/mol. The Hall–Kier alpha value is -1.31. The fourth-order valence-corrected chi connectivity index (χ4v) is 2.13. The topological polar surface area (TPSA) is 29.1 Å². The third-order valence-electron chi connectivity index (χ3n) is 2.89. The first-order valence-corrected chi connectivity index (χ1v) is 5.36. The fraction of sp³-hybridized carbons (Fsp3) is 0.462. The van der Waals surface area contributed by atoms with E-state index in [1.165, 1.54) is 16.7 Å². The standard InChI is InChI=1S/C13H17NO/c1-13(2,3)11-6-4-5-9-8-14-12(15)7-10(9)11/h4-6H,7-8H2,1-3H3,(H,14,15). The van der Waals surface area contributed by atoms with Crippen LogP contribution in [-0.4, -0.2) is 5.91 Å². The van der Waals surface area contributed by atoms with Crippen LogP contribution >= 0.6 is 0 Å². The molecule has 0 aliphatic carbocycles. The summed E-state index contributed by atoms with van der Waals surface area (Å²) in [5, 5.41) is 2.88. The van der Waals surface area contributed by atoms with Gasteiger partial charge in [0.15, 0.2) is 0 Å². The van der Waals surface area contributed by atoms with Crippen molar-refractivity contribution in [3.63, 3.8) is 0 Å². The Kier molecular flexibility index (Phi) is 2.29. The van der Waals surface area contributed by atoms with E-state index in [9.17, 15) is 4.79 Å². The summed E-state index contributed by atoms with van der Waals surface area (Å²) in [6.07, 6.45) is 0.531. The average Bonchev–Trinajstić information content (AvgIpc) is 2.15. The van der Waals surface area contributed by atoms with Gasteiger partial charge in [0, 0.05) is 6.54 Å². The summed E-state index contributed by atoms with van der Waals surface area (Å²) in [6, 6.07) is 6.32. The molecule has 1 aromatic carbocycles. The molecule has 1 heterocycles. The number of amides is 1. The molecule has 2 rings (SSSR count). The number of hydrogen-bond acceptors (Lipinski definition) is 1. The molecule has 0 bridgehead atoms. The van der Waals surface area contributed by atoms with Crippen molar-refractivity contribution in [2.75, 3.05) is 0 Å². The molecule has 1 N–H and O–H groups in total. The Morgan fingerprint density at radius 3 is 2.67 bits per heavy atom. The Labute approximate surface area is 90.7 Å². The zero-order valence-electron chi connectivity index (χ0n) is 9.55. The molecule has 0 spiro atoms. The lowest BCUT2D eigenvalue weighted by Crippen LogP contribution is -2.32. The minimum atomic E-state index is 0.114. The molecule has 80 valence electrons. The molecule has 0 fully saturated rings. The molecule has 0 radical (unpaired) electrons. The predicted molar refractivity (Wildman–Crippen MR) is 60.7 cm³/mol. The van der Waals surface area contributed by atoms with Gasteiger partial charge in [0.2, 0.25) is 5.91 Å². The lowest BCUT2D eigenvalue weighted by atomic mass is 9.80. The van der Waals surface area contributed by atoms with Crippen LogP contribution in [0.5, 0.6) is 0 Å². The van der Waals surface area contributed by atoms with Crippen molar-refractivity contribution >= 4 is 5.91 Å². The lowest BCUT2D eigenvalue weighted by Gasteiger charge is -2.27. The molecule has 0 atom stereocenters. The second-order valence-electron chi connectivity index (χ2n) is 5.15. The van der Waals surface area contributed by atoms with Gasteiger partial charge < -0.3 is 5.32 Å². The molecule has 2 heteroatoms. The molecule has 1 aliphatic rings. The summed E-state index contributed by atoms with van der Waals surface area (Å²) in [7, 11) is 0. The van der Waals surface area contributed by atoms with Gasteiger partial charge in [-0.1, -0.05) is 39.0 Å². The van der Waals surface area contributed by atoms with Crippen LogP contribution in [-0.2, 0) is 23.2 Å². The fourth-order valence-electron chi connectivity index (χ4n) is 2.13. The second kappa shape index (κ2) is 3.37. The van der Waals surface area contributed by atoms with E-state index in [2.05, 4.69) is 44.3 Å². The van der Waals surface area contributed by atoms with Crippen LogP contribution in [0.4, 0.5) is 0 Å². The van der Waals surface area contributed by atoms with Gasteiger partial charge in [-0.15, -0.1) is 0 Å². The molecule has 1 amide bonds. The highest BCUT2D eigenvalue weighted by Gasteiger charge is 2.23. The molecule has 15 heavy (non-hydrogen) atoms. The number of hydrogen-bond donors (Lipinski definition) is 1. The van der Waals surface area contributed by atoms with Gasteiger partial charge in [-0.3, -0.25) is 4.79 Å². The molecule has 0 saturated carbocycles. The summed E-state index contributed by atoms with van der Waals surface area (Å²) in [4.78, 5) is 11.4. The molecule has 1 aliphatic heterocycles. The van der Waals surface area contributed by atoms with Crippen LogP contribution in [0.25, 0.3) is 0 Å². The Morgan fingerprint density at radius 2 is 2.00 bits per heavy atom. The zero-order chi connectivity index (χ0) is 11.1. The van der Waals surface area contributed by atoms with E-state index < -0.39 is 0 Å². The smallest absolute Gasteiger partial charge is 0.224 e. The normalized spacial score (nSPS) is 15.8. The van der Waals surface area contributed by atoms with Gasteiger partial charge in [0.05, 0.1) is 6.42 Å². The quantitative estimate of drug-likeness (QED) is 0.687. The summed E-state index contributed by atoms with van der Waals surface area (Å²) in [6.45, 7) is 7.25. The van der Waals surface area contributed by atoms with E-state index >= 15 is 0 Å². The Bertz CT molecular complexity index is 401. The molecule has 1 aromatic rings. The number of carbonyl (C=O) groups is 1. The maximum Gasteiger partial charge on any atom is 0.224 e. The third kappa shape index (κ3) is 1.89. The maximum absolute atomic E-state index is 11.4. The van der Waals surface area contributed by atoms with E-state index in [0.717, 1.165) is 0 Å². The zero-order valence-corrected chi connectivity index (χ0v) is 9.55. The van der Waals surface area contributed by atoms with Crippen molar-refractivity contribution in [1.82, 2.24) is 5.32 Å².